The lowest BCUT2D eigenvalue weighted by atomic mass is 10.0. The van der Waals surface area contributed by atoms with Crippen LogP contribution in [-0.4, -0.2) is 40.5 Å². The van der Waals surface area contributed by atoms with Crippen LogP contribution in [0.15, 0.2) is 0 Å². The Hall–Kier alpha value is -1.10. The van der Waals surface area contributed by atoms with Crippen LogP contribution in [0.2, 0.25) is 0 Å². The van der Waals surface area contributed by atoms with Crippen molar-refractivity contribution in [3.8, 4) is 0 Å². The number of rotatable bonds is 4. The van der Waals surface area contributed by atoms with Gasteiger partial charge in [0.05, 0.1) is 0 Å². The average Bonchev–Trinajstić information content (AvgIpc) is 2.44. The molecule has 0 aromatic carbocycles. The van der Waals surface area contributed by atoms with Crippen LogP contribution in [-0.2, 0) is 9.59 Å². The standard InChI is InChI=1S/C10H18N2O3/c1-6(2)5-7(9(11)14)12-4-3-8(13)10(12)15/h6-8,13H,3-5H2,1-2H3,(H2,11,14). The molecule has 2 atom stereocenters. The summed E-state index contributed by atoms with van der Waals surface area (Å²) in [6, 6.07) is -0.574. The predicted octanol–water partition coefficient (Wildman–Crippen LogP) is -0.520. The molecule has 2 unspecified atom stereocenters. The Morgan fingerprint density at radius 3 is 2.60 bits per heavy atom. The van der Waals surface area contributed by atoms with Crippen LogP contribution in [0.1, 0.15) is 26.7 Å². The van der Waals surface area contributed by atoms with Gasteiger partial charge in [-0.1, -0.05) is 13.8 Å². The summed E-state index contributed by atoms with van der Waals surface area (Å²) >= 11 is 0. The molecule has 3 N–H and O–H groups in total. The van der Waals surface area contributed by atoms with E-state index in [2.05, 4.69) is 0 Å². The lowest BCUT2D eigenvalue weighted by Gasteiger charge is -2.26. The third-order valence-corrected chi connectivity index (χ3v) is 2.61. The summed E-state index contributed by atoms with van der Waals surface area (Å²) in [4.78, 5) is 24.1. The molecule has 86 valence electrons. The lowest BCUT2D eigenvalue weighted by molar-refractivity contribution is -0.141. The number of carbonyl (C=O) groups excluding carboxylic acids is 2. The number of nitrogens with zero attached hydrogens (tertiary/aromatic N) is 1. The first-order valence-electron chi connectivity index (χ1n) is 5.21. The lowest BCUT2D eigenvalue weighted by Crippen LogP contribution is -2.47. The number of likely N-dealkylation sites (tertiary alicyclic amines) is 1. The number of primary amides is 1. The van der Waals surface area contributed by atoms with Gasteiger partial charge in [0, 0.05) is 6.54 Å². The molecule has 1 heterocycles. The molecule has 0 saturated carbocycles. The van der Waals surface area contributed by atoms with E-state index in [9.17, 15) is 14.7 Å². The summed E-state index contributed by atoms with van der Waals surface area (Å²) in [7, 11) is 0. The van der Waals surface area contributed by atoms with Crippen molar-refractivity contribution in [2.45, 2.75) is 38.8 Å². The van der Waals surface area contributed by atoms with E-state index in [4.69, 9.17) is 5.73 Å². The van der Waals surface area contributed by atoms with Gasteiger partial charge in [0.15, 0.2) is 0 Å². The molecule has 1 aliphatic heterocycles. The fourth-order valence-electron chi connectivity index (χ4n) is 1.84. The fraction of sp³-hybridized carbons (Fsp3) is 0.800. The maximum absolute atomic E-state index is 11.5. The summed E-state index contributed by atoms with van der Waals surface area (Å²) in [5.41, 5.74) is 5.26. The minimum atomic E-state index is -0.959. The van der Waals surface area contributed by atoms with Crippen molar-refractivity contribution >= 4 is 11.8 Å². The van der Waals surface area contributed by atoms with E-state index in [1.165, 1.54) is 4.90 Å². The second-order valence-corrected chi connectivity index (χ2v) is 4.38. The van der Waals surface area contributed by atoms with Gasteiger partial charge in [0.1, 0.15) is 12.1 Å². The molecule has 0 aromatic heterocycles. The number of hydrogen-bond donors (Lipinski definition) is 2. The zero-order chi connectivity index (χ0) is 11.6. The molecule has 0 bridgehead atoms. The highest BCUT2D eigenvalue weighted by Gasteiger charge is 2.37. The molecular weight excluding hydrogens is 196 g/mol. The van der Waals surface area contributed by atoms with Crippen molar-refractivity contribution < 1.29 is 14.7 Å². The maximum Gasteiger partial charge on any atom is 0.252 e. The highest BCUT2D eigenvalue weighted by Crippen LogP contribution is 2.19. The van der Waals surface area contributed by atoms with E-state index in [1.807, 2.05) is 13.8 Å². The van der Waals surface area contributed by atoms with Gasteiger partial charge in [0.2, 0.25) is 5.91 Å². The maximum atomic E-state index is 11.5. The number of aliphatic hydroxyl groups excluding tert-OH is 1. The Balaban J connectivity index is 2.72. The monoisotopic (exact) mass is 214 g/mol. The van der Waals surface area contributed by atoms with Crippen LogP contribution < -0.4 is 5.73 Å². The van der Waals surface area contributed by atoms with Gasteiger partial charge in [0.25, 0.3) is 5.91 Å². The van der Waals surface area contributed by atoms with E-state index in [0.717, 1.165) is 0 Å². The minimum absolute atomic E-state index is 0.285. The molecule has 2 amide bonds. The van der Waals surface area contributed by atoms with Gasteiger partial charge in [-0.25, -0.2) is 0 Å². The Bertz CT molecular complexity index is 265. The normalized spacial score (nSPS) is 23.6. The first kappa shape index (κ1) is 12.0. The molecule has 0 aromatic rings. The van der Waals surface area contributed by atoms with Crippen molar-refractivity contribution in [3.63, 3.8) is 0 Å². The van der Waals surface area contributed by atoms with E-state index in [-0.39, 0.29) is 11.8 Å². The van der Waals surface area contributed by atoms with Gasteiger partial charge in [-0.05, 0) is 18.8 Å². The smallest absolute Gasteiger partial charge is 0.252 e. The van der Waals surface area contributed by atoms with Gasteiger partial charge in [-0.2, -0.15) is 0 Å². The predicted molar refractivity (Wildman–Crippen MR) is 54.8 cm³/mol. The highest BCUT2D eigenvalue weighted by molar-refractivity contribution is 5.89. The van der Waals surface area contributed by atoms with Crippen LogP contribution in [0.5, 0.6) is 0 Å². The Morgan fingerprint density at radius 2 is 2.27 bits per heavy atom. The van der Waals surface area contributed by atoms with E-state index in [0.29, 0.717) is 19.4 Å². The molecule has 5 heteroatoms. The zero-order valence-electron chi connectivity index (χ0n) is 9.14. The number of amides is 2. The third kappa shape index (κ3) is 2.68. The van der Waals surface area contributed by atoms with Crippen molar-refractivity contribution in [2.24, 2.45) is 11.7 Å². The van der Waals surface area contributed by atoms with E-state index < -0.39 is 18.1 Å². The molecule has 1 fully saturated rings. The van der Waals surface area contributed by atoms with Crippen LogP contribution >= 0.6 is 0 Å². The van der Waals surface area contributed by atoms with Crippen LogP contribution in [0, 0.1) is 5.92 Å². The first-order valence-corrected chi connectivity index (χ1v) is 5.21. The molecule has 15 heavy (non-hydrogen) atoms. The highest BCUT2D eigenvalue weighted by atomic mass is 16.3. The average molecular weight is 214 g/mol. The zero-order valence-corrected chi connectivity index (χ0v) is 9.14. The topological polar surface area (TPSA) is 83.6 Å². The number of hydrogen-bond acceptors (Lipinski definition) is 3. The fourth-order valence-corrected chi connectivity index (χ4v) is 1.84. The Labute approximate surface area is 89.2 Å². The molecule has 1 aliphatic rings. The van der Waals surface area contributed by atoms with E-state index in [1.54, 1.807) is 0 Å². The SMILES string of the molecule is CC(C)CC(C(N)=O)N1CCC(O)C1=O. The second kappa shape index (κ2) is 4.61. The number of aliphatic hydroxyl groups is 1. The summed E-state index contributed by atoms with van der Waals surface area (Å²) in [6.45, 7) is 4.35. The number of nitrogens with two attached hydrogens (primary N) is 1. The van der Waals surface area contributed by atoms with Gasteiger partial charge < -0.3 is 15.7 Å². The minimum Gasteiger partial charge on any atom is -0.383 e. The molecule has 1 rings (SSSR count). The van der Waals surface area contributed by atoms with Crippen LogP contribution in [0.25, 0.3) is 0 Å². The number of carbonyl (C=O) groups is 2. The Morgan fingerprint density at radius 1 is 1.67 bits per heavy atom. The van der Waals surface area contributed by atoms with Crippen molar-refractivity contribution in [3.05, 3.63) is 0 Å². The van der Waals surface area contributed by atoms with Crippen LogP contribution in [0.3, 0.4) is 0 Å². The van der Waals surface area contributed by atoms with E-state index >= 15 is 0 Å². The van der Waals surface area contributed by atoms with Crippen molar-refractivity contribution in [1.82, 2.24) is 4.90 Å². The van der Waals surface area contributed by atoms with Gasteiger partial charge in [-0.3, -0.25) is 9.59 Å². The molecule has 0 spiro atoms. The third-order valence-electron chi connectivity index (χ3n) is 2.61. The summed E-state index contributed by atoms with van der Waals surface area (Å²) in [6.07, 6.45) is -0.0203. The van der Waals surface area contributed by atoms with Gasteiger partial charge >= 0.3 is 0 Å². The molecule has 0 aliphatic carbocycles. The molecule has 1 saturated heterocycles. The quantitative estimate of drug-likeness (QED) is 0.660. The molecular formula is C10H18N2O3. The van der Waals surface area contributed by atoms with Crippen molar-refractivity contribution in [2.75, 3.05) is 6.54 Å². The van der Waals surface area contributed by atoms with Gasteiger partial charge in [-0.15, -0.1) is 0 Å². The first-order chi connectivity index (χ1) is 6.93. The summed E-state index contributed by atoms with van der Waals surface area (Å²) < 4.78 is 0. The summed E-state index contributed by atoms with van der Waals surface area (Å²) in [5.74, 6) is -0.585. The Kier molecular flexibility index (Phi) is 3.68. The van der Waals surface area contributed by atoms with Crippen LogP contribution in [0.4, 0.5) is 0 Å². The molecule has 0 radical (unpaired) electrons. The second-order valence-electron chi connectivity index (χ2n) is 4.38. The van der Waals surface area contributed by atoms with Crippen molar-refractivity contribution in [1.29, 1.82) is 0 Å². The molecule has 5 nitrogen and oxygen atoms in total. The summed E-state index contributed by atoms with van der Waals surface area (Å²) in [5, 5.41) is 9.29. The largest absolute Gasteiger partial charge is 0.383 e.